The van der Waals surface area contributed by atoms with Gasteiger partial charge in [0.05, 0.1) is 12.0 Å². The third-order valence-electron chi connectivity index (χ3n) is 8.91. The number of carbonyl (C=O) groups excluding carboxylic acids is 3. The number of benzene rings is 4. The Hall–Kier alpha value is -5.24. The molecule has 4 aromatic rings. The molecule has 1 amide bonds. The van der Waals surface area contributed by atoms with E-state index in [1.54, 1.807) is 18.2 Å². The van der Waals surface area contributed by atoms with Crippen molar-refractivity contribution in [3.05, 3.63) is 131 Å². The van der Waals surface area contributed by atoms with Crippen LogP contribution < -0.4 is 14.8 Å². The molecule has 1 fully saturated rings. The Morgan fingerprint density at radius 1 is 0.857 bits per heavy atom. The van der Waals surface area contributed by atoms with E-state index >= 15 is 0 Å². The van der Waals surface area contributed by atoms with Gasteiger partial charge >= 0.3 is 0 Å². The SMILES string of the molecule is O=C(c1ccc(F)cc1)C1C(C(=O)c2ccc3c(c2)OCO3)C2(C(=O)Nc3ccccc32)C2c3ccccc3C=CN12. The van der Waals surface area contributed by atoms with Gasteiger partial charge in [0, 0.05) is 23.0 Å². The molecule has 4 atom stereocenters. The molecule has 0 bridgehead atoms. The molecule has 1 N–H and O–H groups in total. The van der Waals surface area contributed by atoms with Crippen molar-refractivity contribution in [1.82, 2.24) is 4.90 Å². The third kappa shape index (κ3) is 3.23. The molecule has 0 saturated carbocycles. The molecule has 206 valence electrons. The molecule has 4 aliphatic rings. The normalized spacial score (nSPS) is 24.3. The topological polar surface area (TPSA) is 84.9 Å². The van der Waals surface area contributed by atoms with E-state index < -0.39 is 29.2 Å². The van der Waals surface area contributed by atoms with Crippen molar-refractivity contribution in [1.29, 1.82) is 0 Å². The van der Waals surface area contributed by atoms with E-state index in [-0.39, 0.29) is 29.8 Å². The van der Waals surface area contributed by atoms with Gasteiger partial charge in [-0.2, -0.15) is 0 Å². The van der Waals surface area contributed by atoms with Crippen molar-refractivity contribution >= 4 is 29.2 Å². The first-order chi connectivity index (χ1) is 20.5. The predicted octanol–water partition coefficient (Wildman–Crippen LogP) is 5.54. The van der Waals surface area contributed by atoms with Crippen LogP contribution in [0.3, 0.4) is 0 Å². The van der Waals surface area contributed by atoms with Gasteiger partial charge < -0.3 is 19.7 Å². The summed E-state index contributed by atoms with van der Waals surface area (Å²) < 4.78 is 24.9. The molecule has 0 aromatic heterocycles. The van der Waals surface area contributed by atoms with E-state index in [4.69, 9.17) is 9.47 Å². The molecule has 0 aliphatic carbocycles. The smallest absolute Gasteiger partial charge is 0.238 e. The molecule has 1 spiro atoms. The summed E-state index contributed by atoms with van der Waals surface area (Å²) in [6.45, 7) is 0.0409. The highest BCUT2D eigenvalue weighted by molar-refractivity contribution is 6.16. The van der Waals surface area contributed by atoms with E-state index in [1.165, 1.54) is 24.3 Å². The van der Waals surface area contributed by atoms with Gasteiger partial charge in [-0.05, 0) is 71.3 Å². The van der Waals surface area contributed by atoms with Crippen LogP contribution in [0.2, 0.25) is 0 Å². The Bertz CT molecular complexity index is 1850. The number of halogens is 1. The quantitative estimate of drug-likeness (QED) is 0.332. The minimum atomic E-state index is -1.45. The van der Waals surface area contributed by atoms with Crippen LogP contribution in [0.1, 0.15) is 43.4 Å². The monoisotopic (exact) mass is 558 g/mol. The van der Waals surface area contributed by atoms with Gasteiger partial charge in [0.2, 0.25) is 12.7 Å². The van der Waals surface area contributed by atoms with E-state index in [9.17, 15) is 18.8 Å². The number of nitrogens with zero attached hydrogens (tertiary/aromatic N) is 1. The summed E-state index contributed by atoms with van der Waals surface area (Å²) in [5.41, 5.74) is 2.10. The Morgan fingerprint density at radius 3 is 2.45 bits per heavy atom. The van der Waals surface area contributed by atoms with Crippen molar-refractivity contribution < 1.29 is 28.2 Å². The summed E-state index contributed by atoms with van der Waals surface area (Å²) in [6, 6.07) is 23.5. The number of Topliss-reactive ketones (excluding diaryl/α,β-unsaturated/α-hetero) is 2. The number of hydrogen-bond donors (Lipinski definition) is 1. The van der Waals surface area contributed by atoms with Crippen LogP contribution in [0.15, 0.2) is 97.2 Å². The van der Waals surface area contributed by atoms with Crippen LogP contribution in [0, 0.1) is 11.7 Å². The first kappa shape index (κ1) is 24.5. The van der Waals surface area contributed by atoms with Gasteiger partial charge in [0.1, 0.15) is 17.3 Å². The lowest BCUT2D eigenvalue weighted by Gasteiger charge is -2.38. The van der Waals surface area contributed by atoms with Gasteiger partial charge in [0.15, 0.2) is 23.1 Å². The summed E-state index contributed by atoms with van der Waals surface area (Å²) in [5, 5.41) is 3.03. The number of hydrogen-bond acceptors (Lipinski definition) is 6. The molecule has 0 radical (unpaired) electrons. The maximum absolute atomic E-state index is 14.9. The van der Waals surface area contributed by atoms with Crippen molar-refractivity contribution in [2.75, 3.05) is 12.1 Å². The summed E-state index contributed by atoms with van der Waals surface area (Å²) in [6.07, 6.45) is 3.71. The minimum Gasteiger partial charge on any atom is -0.454 e. The fourth-order valence-corrected chi connectivity index (χ4v) is 7.18. The highest BCUT2D eigenvalue weighted by Gasteiger charge is 2.70. The molecule has 4 heterocycles. The van der Waals surface area contributed by atoms with Gasteiger partial charge in [-0.15, -0.1) is 0 Å². The van der Waals surface area contributed by atoms with Crippen LogP contribution in [-0.4, -0.2) is 35.2 Å². The highest BCUT2D eigenvalue weighted by atomic mass is 19.1. The van der Waals surface area contributed by atoms with E-state index in [1.807, 2.05) is 65.7 Å². The summed E-state index contributed by atoms with van der Waals surface area (Å²) in [7, 11) is 0. The van der Waals surface area contributed by atoms with E-state index in [2.05, 4.69) is 5.32 Å². The van der Waals surface area contributed by atoms with Gasteiger partial charge in [-0.3, -0.25) is 14.4 Å². The number of ketones is 2. The number of anilines is 1. The molecule has 4 aromatic carbocycles. The third-order valence-corrected chi connectivity index (χ3v) is 8.91. The summed E-state index contributed by atoms with van der Waals surface area (Å²) in [4.78, 5) is 45.7. The first-order valence-electron chi connectivity index (χ1n) is 13.7. The van der Waals surface area contributed by atoms with Crippen LogP contribution >= 0.6 is 0 Å². The van der Waals surface area contributed by atoms with Crippen molar-refractivity contribution in [3.63, 3.8) is 0 Å². The lowest BCUT2D eigenvalue weighted by Crippen LogP contribution is -2.49. The van der Waals surface area contributed by atoms with Crippen molar-refractivity contribution in [2.24, 2.45) is 5.92 Å². The summed E-state index contributed by atoms with van der Waals surface area (Å²) in [5.74, 6) is -1.77. The second kappa shape index (κ2) is 8.88. The Balaban J connectivity index is 1.41. The minimum absolute atomic E-state index is 0.0409. The number of fused-ring (bicyclic) bond motifs is 7. The Morgan fingerprint density at radius 2 is 1.60 bits per heavy atom. The van der Waals surface area contributed by atoms with Crippen LogP contribution in [0.25, 0.3) is 6.08 Å². The zero-order valence-corrected chi connectivity index (χ0v) is 22.1. The first-order valence-corrected chi connectivity index (χ1v) is 13.7. The van der Waals surface area contributed by atoms with E-state index in [0.29, 0.717) is 28.3 Å². The predicted molar refractivity (Wildman–Crippen MR) is 152 cm³/mol. The number of rotatable bonds is 4. The summed E-state index contributed by atoms with van der Waals surface area (Å²) >= 11 is 0. The van der Waals surface area contributed by atoms with Gasteiger partial charge in [-0.25, -0.2) is 4.39 Å². The molecule has 1 saturated heterocycles. The number of amides is 1. The van der Waals surface area contributed by atoms with Crippen molar-refractivity contribution in [2.45, 2.75) is 17.5 Å². The Labute approximate surface area is 240 Å². The maximum Gasteiger partial charge on any atom is 0.238 e. The highest BCUT2D eigenvalue weighted by Crippen LogP contribution is 2.62. The fourth-order valence-electron chi connectivity index (χ4n) is 7.18. The average Bonchev–Trinajstić information content (AvgIpc) is 3.70. The molecular weight excluding hydrogens is 535 g/mol. The lowest BCUT2D eigenvalue weighted by molar-refractivity contribution is -0.122. The van der Waals surface area contributed by atoms with Crippen LogP contribution in [0.5, 0.6) is 11.5 Å². The van der Waals surface area contributed by atoms with Gasteiger partial charge in [-0.1, -0.05) is 42.5 Å². The second-order valence-corrected chi connectivity index (χ2v) is 10.9. The van der Waals surface area contributed by atoms with Crippen LogP contribution in [0.4, 0.5) is 10.1 Å². The lowest BCUT2D eigenvalue weighted by atomic mass is 9.62. The maximum atomic E-state index is 14.9. The average molecular weight is 559 g/mol. The molecule has 42 heavy (non-hydrogen) atoms. The number of para-hydroxylation sites is 1. The molecule has 7 nitrogen and oxygen atoms in total. The molecule has 8 heteroatoms. The van der Waals surface area contributed by atoms with E-state index in [0.717, 1.165) is 11.1 Å². The molecule has 4 aliphatic heterocycles. The molecule has 4 unspecified atom stereocenters. The molecule has 8 rings (SSSR count). The Kier molecular flexibility index (Phi) is 5.19. The number of nitrogens with one attached hydrogen (secondary N) is 1. The standard InChI is InChI=1S/C34H23FN2O5/c35-22-12-9-20(10-13-22)31(39)29-28(30(38)21-11-14-26-27(17-21)42-18-41-26)34(24-7-3-4-8-25(24)36-33(34)40)32-23-6-2-1-5-19(23)15-16-37(29)32/h1-17,28-29,32H,18H2,(H,36,40). The van der Waals surface area contributed by atoms with Crippen molar-refractivity contribution in [3.8, 4) is 11.5 Å². The number of ether oxygens (including phenoxy) is 2. The molecular formula is C34H23FN2O5. The fraction of sp³-hybridized carbons (Fsp3) is 0.147. The zero-order chi connectivity index (χ0) is 28.6. The largest absolute Gasteiger partial charge is 0.454 e. The zero-order valence-electron chi connectivity index (χ0n) is 22.1. The van der Waals surface area contributed by atoms with Crippen LogP contribution in [-0.2, 0) is 10.2 Å². The second-order valence-electron chi connectivity index (χ2n) is 10.9. The number of carbonyl (C=O) groups is 3. The van der Waals surface area contributed by atoms with Gasteiger partial charge in [0.25, 0.3) is 0 Å².